The number of sulfone groups is 1. The number of nitrogens with zero attached hydrogens (tertiary/aromatic N) is 4. The number of anilines is 1. The van der Waals surface area contributed by atoms with Gasteiger partial charge in [-0.25, -0.2) is 13.4 Å². The first-order valence-corrected chi connectivity index (χ1v) is 16.6. The third-order valence-corrected chi connectivity index (χ3v) is 9.87. The molecular formula is C30H38ClN5O4S. The summed E-state index contributed by atoms with van der Waals surface area (Å²) in [6.07, 6.45) is 2.48. The molecule has 0 bridgehead atoms. The molecule has 3 heterocycles. The lowest BCUT2D eigenvalue weighted by atomic mass is 10.0. The molecule has 41 heavy (non-hydrogen) atoms. The molecule has 0 saturated carbocycles. The van der Waals surface area contributed by atoms with Gasteiger partial charge in [0.15, 0.2) is 0 Å². The molecule has 3 aromatic rings. The quantitative estimate of drug-likeness (QED) is 0.443. The van der Waals surface area contributed by atoms with Crippen LogP contribution in [0.4, 0.5) is 5.69 Å². The second-order valence-corrected chi connectivity index (χ2v) is 14.2. The zero-order valence-electron chi connectivity index (χ0n) is 23.7. The Morgan fingerprint density at radius 2 is 1.85 bits per heavy atom. The number of nitrogens with one attached hydrogen (secondary N) is 1. The maximum Gasteiger partial charge on any atom is 0.262 e. The highest BCUT2D eigenvalue weighted by molar-refractivity contribution is 7.91. The van der Waals surface area contributed by atoms with Crippen molar-refractivity contribution in [2.45, 2.75) is 45.7 Å². The third-order valence-electron chi connectivity index (χ3n) is 7.92. The molecule has 11 heteroatoms. The molecule has 2 aliphatic rings. The second kappa shape index (κ2) is 12.5. The summed E-state index contributed by atoms with van der Waals surface area (Å²) in [6, 6.07) is 12.9. The van der Waals surface area contributed by atoms with E-state index in [4.69, 9.17) is 16.6 Å². The molecule has 1 N–H and O–H groups in total. The largest absolute Gasteiger partial charge is 0.370 e. The van der Waals surface area contributed by atoms with Crippen LogP contribution in [0.1, 0.15) is 33.1 Å². The van der Waals surface area contributed by atoms with Crippen LogP contribution >= 0.6 is 11.6 Å². The Kier molecular flexibility index (Phi) is 9.01. The topological polar surface area (TPSA) is 105 Å². The van der Waals surface area contributed by atoms with Crippen molar-refractivity contribution >= 4 is 43.9 Å². The number of aromatic nitrogens is 2. The Morgan fingerprint density at radius 1 is 1.07 bits per heavy atom. The molecule has 1 aromatic heterocycles. The number of amides is 1. The maximum atomic E-state index is 13.9. The molecule has 0 atom stereocenters. The highest BCUT2D eigenvalue weighted by Crippen LogP contribution is 2.26. The summed E-state index contributed by atoms with van der Waals surface area (Å²) in [5, 5.41) is 3.86. The monoisotopic (exact) mass is 599 g/mol. The summed E-state index contributed by atoms with van der Waals surface area (Å²) in [4.78, 5) is 36.2. The highest BCUT2D eigenvalue weighted by atomic mass is 35.5. The standard InChI is InChI=1S/C30H38ClN5O4S/c1-21(2)32-28(37)20-36-29(23-5-3-6-24(31)17-23)33-27-8-7-25(18-26(27)30(36)38)35-12-4-11-34(13-14-35)19-22-9-15-41(39,40)16-10-22/h3,5-8,17-18,21-22H,4,9-16,19-20H2,1-2H3,(H,32,37). The van der Waals surface area contributed by atoms with Gasteiger partial charge in [-0.15, -0.1) is 0 Å². The molecule has 0 spiro atoms. The summed E-state index contributed by atoms with van der Waals surface area (Å²) in [7, 11) is -2.85. The Balaban J connectivity index is 1.40. The summed E-state index contributed by atoms with van der Waals surface area (Å²) in [5.41, 5.74) is 1.92. The predicted molar refractivity (Wildman–Crippen MR) is 164 cm³/mol. The number of hydrogen-bond acceptors (Lipinski definition) is 7. The SMILES string of the molecule is CC(C)NC(=O)Cn1c(-c2cccc(Cl)c2)nc2ccc(N3CCCN(CC4CCS(=O)(=O)CC4)CC3)cc2c1=O. The van der Waals surface area contributed by atoms with Crippen molar-refractivity contribution in [3.63, 3.8) is 0 Å². The first kappa shape index (κ1) is 29.5. The summed E-state index contributed by atoms with van der Waals surface area (Å²) >= 11 is 6.25. The van der Waals surface area contributed by atoms with Crippen molar-refractivity contribution in [2.75, 3.05) is 49.1 Å². The molecule has 2 fully saturated rings. The number of carbonyl (C=O) groups excluding carboxylic acids is 1. The van der Waals surface area contributed by atoms with Crippen LogP contribution in [0.15, 0.2) is 47.3 Å². The van der Waals surface area contributed by atoms with E-state index in [1.54, 1.807) is 18.2 Å². The van der Waals surface area contributed by atoms with Gasteiger partial charge in [0.25, 0.3) is 5.56 Å². The van der Waals surface area contributed by atoms with E-state index < -0.39 is 9.84 Å². The van der Waals surface area contributed by atoms with Crippen LogP contribution < -0.4 is 15.8 Å². The van der Waals surface area contributed by atoms with Gasteiger partial charge in [-0.3, -0.25) is 14.2 Å². The van der Waals surface area contributed by atoms with Crippen LogP contribution in [0.2, 0.25) is 5.02 Å². The molecule has 0 radical (unpaired) electrons. The average Bonchev–Trinajstić information content (AvgIpc) is 3.16. The fourth-order valence-electron chi connectivity index (χ4n) is 5.81. The van der Waals surface area contributed by atoms with Crippen LogP contribution in [0.25, 0.3) is 22.3 Å². The Hall–Kier alpha value is -2.95. The predicted octanol–water partition coefficient (Wildman–Crippen LogP) is 3.58. The minimum atomic E-state index is -2.85. The summed E-state index contributed by atoms with van der Waals surface area (Å²) in [6.45, 7) is 8.07. The average molecular weight is 600 g/mol. The van der Waals surface area contributed by atoms with Gasteiger partial charge in [0, 0.05) is 48.5 Å². The maximum absolute atomic E-state index is 13.9. The Morgan fingerprint density at radius 3 is 2.59 bits per heavy atom. The molecular weight excluding hydrogens is 562 g/mol. The van der Waals surface area contributed by atoms with E-state index in [-0.39, 0.29) is 24.1 Å². The summed E-state index contributed by atoms with van der Waals surface area (Å²) in [5.74, 6) is 1.18. The third kappa shape index (κ3) is 7.28. The first-order valence-electron chi connectivity index (χ1n) is 14.4. The lowest BCUT2D eigenvalue weighted by molar-refractivity contribution is -0.122. The number of fused-ring (bicyclic) bond motifs is 1. The van der Waals surface area contributed by atoms with Gasteiger partial charge in [-0.2, -0.15) is 0 Å². The second-order valence-electron chi connectivity index (χ2n) is 11.5. The van der Waals surface area contributed by atoms with Crippen LogP contribution in [0.3, 0.4) is 0 Å². The van der Waals surface area contributed by atoms with Crippen LogP contribution in [-0.2, 0) is 21.2 Å². The van der Waals surface area contributed by atoms with Crippen molar-refractivity contribution in [1.82, 2.24) is 19.8 Å². The Labute approximate surface area is 246 Å². The first-order chi connectivity index (χ1) is 19.6. The van der Waals surface area contributed by atoms with Crippen molar-refractivity contribution in [1.29, 1.82) is 0 Å². The lowest BCUT2D eigenvalue weighted by Gasteiger charge is -2.29. The van der Waals surface area contributed by atoms with Crippen molar-refractivity contribution in [3.05, 3.63) is 57.8 Å². The molecule has 0 aliphatic carbocycles. The lowest BCUT2D eigenvalue weighted by Crippen LogP contribution is -2.37. The number of benzene rings is 2. The van der Waals surface area contributed by atoms with Gasteiger partial charge in [-0.05, 0) is 75.9 Å². The van der Waals surface area contributed by atoms with Crippen LogP contribution in [-0.4, -0.2) is 79.0 Å². The van der Waals surface area contributed by atoms with E-state index in [0.29, 0.717) is 44.7 Å². The van der Waals surface area contributed by atoms with Gasteiger partial charge in [0.2, 0.25) is 5.91 Å². The van der Waals surface area contributed by atoms with Crippen LogP contribution in [0, 0.1) is 5.92 Å². The number of hydrogen-bond donors (Lipinski definition) is 1. The van der Waals surface area contributed by atoms with E-state index in [1.165, 1.54) is 4.57 Å². The summed E-state index contributed by atoms with van der Waals surface area (Å²) < 4.78 is 25.0. The molecule has 2 aliphatic heterocycles. The number of carbonyl (C=O) groups is 1. The fraction of sp³-hybridized carbons (Fsp3) is 0.500. The highest BCUT2D eigenvalue weighted by Gasteiger charge is 2.26. The molecule has 2 aromatic carbocycles. The Bertz CT molecular complexity index is 1580. The number of halogens is 1. The fourth-order valence-corrected chi connectivity index (χ4v) is 7.59. The van der Waals surface area contributed by atoms with E-state index in [0.717, 1.165) is 57.7 Å². The van der Waals surface area contributed by atoms with Gasteiger partial charge in [0.05, 0.1) is 22.4 Å². The van der Waals surface area contributed by atoms with E-state index >= 15 is 0 Å². The smallest absolute Gasteiger partial charge is 0.262 e. The molecule has 0 unspecified atom stereocenters. The van der Waals surface area contributed by atoms with Gasteiger partial charge in [0.1, 0.15) is 22.2 Å². The zero-order chi connectivity index (χ0) is 29.1. The minimum absolute atomic E-state index is 0.0541. The van der Waals surface area contributed by atoms with E-state index in [1.807, 2.05) is 38.1 Å². The van der Waals surface area contributed by atoms with Crippen molar-refractivity contribution in [3.8, 4) is 11.4 Å². The molecule has 2 saturated heterocycles. The van der Waals surface area contributed by atoms with Gasteiger partial charge in [-0.1, -0.05) is 23.7 Å². The van der Waals surface area contributed by atoms with Crippen LogP contribution in [0.5, 0.6) is 0 Å². The van der Waals surface area contributed by atoms with Gasteiger partial charge < -0.3 is 15.1 Å². The molecule has 5 rings (SSSR count). The number of rotatable bonds is 7. The van der Waals surface area contributed by atoms with Crippen molar-refractivity contribution in [2.24, 2.45) is 5.92 Å². The van der Waals surface area contributed by atoms with Gasteiger partial charge >= 0.3 is 0 Å². The normalized spacial score (nSPS) is 18.5. The minimum Gasteiger partial charge on any atom is -0.370 e. The molecule has 1 amide bonds. The van der Waals surface area contributed by atoms with Crippen molar-refractivity contribution < 1.29 is 13.2 Å². The van der Waals surface area contributed by atoms with E-state index in [9.17, 15) is 18.0 Å². The molecule has 9 nitrogen and oxygen atoms in total. The zero-order valence-corrected chi connectivity index (χ0v) is 25.3. The van der Waals surface area contributed by atoms with E-state index in [2.05, 4.69) is 15.1 Å². The molecule has 220 valence electrons.